The number of rotatable bonds is 3. The molecule has 1 rings (SSSR count). The summed E-state index contributed by atoms with van der Waals surface area (Å²) in [5, 5.41) is 2.81. The Morgan fingerprint density at radius 1 is 1.71 bits per heavy atom. The van der Waals surface area contributed by atoms with E-state index in [9.17, 15) is 4.79 Å². The molecule has 0 bridgehead atoms. The third-order valence-electron chi connectivity index (χ3n) is 1.90. The van der Waals surface area contributed by atoms with Gasteiger partial charge in [-0.25, -0.2) is 0 Å². The lowest BCUT2D eigenvalue weighted by atomic mass is 10.0. The Morgan fingerprint density at radius 2 is 2.43 bits per heavy atom. The molecule has 0 aromatic heterocycles. The molecule has 0 spiro atoms. The topological polar surface area (TPSA) is 55.1 Å². The first-order chi connectivity index (χ1) is 6.24. The van der Waals surface area contributed by atoms with E-state index in [0.717, 1.165) is 19.4 Å². The van der Waals surface area contributed by atoms with Gasteiger partial charge in [-0.3, -0.25) is 4.79 Å². The molecular formula is C10H17ClN2O. The number of nitrogens with two attached hydrogens (primary N) is 1. The summed E-state index contributed by atoms with van der Waals surface area (Å²) in [6.45, 7) is 2.75. The van der Waals surface area contributed by atoms with Crippen molar-refractivity contribution in [3.63, 3.8) is 0 Å². The van der Waals surface area contributed by atoms with Crippen molar-refractivity contribution in [2.75, 3.05) is 6.54 Å². The van der Waals surface area contributed by atoms with Crippen LogP contribution in [0.1, 0.15) is 19.8 Å². The first kappa shape index (κ1) is 13.2. The van der Waals surface area contributed by atoms with Gasteiger partial charge in [-0.05, 0) is 12.8 Å². The molecule has 0 fully saturated rings. The molecule has 80 valence electrons. The van der Waals surface area contributed by atoms with Crippen LogP contribution in [0.25, 0.3) is 0 Å². The number of hydrogen-bond acceptors (Lipinski definition) is 2. The van der Waals surface area contributed by atoms with Crippen molar-refractivity contribution >= 4 is 18.3 Å². The van der Waals surface area contributed by atoms with E-state index in [1.54, 1.807) is 0 Å². The van der Waals surface area contributed by atoms with Gasteiger partial charge in [-0.15, -0.1) is 12.4 Å². The third-order valence-corrected chi connectivity index (χ3v) is 1.90. The number of halogens is 1. The van der Waals surface area contributed by atoms with Crippen molar-refractivity contribution < 1.29 is 4.79 Å². The second-order valence-electron chi connectivity index (χ2n) is 3.18. The van der Waals surface area contributed by atoms with Crippen molar-refractivity contribution in [1.82, 2.24) is 5.32 Å². The van der Waals surface area contributed by atoms with Gasteiger partial charge in [0, 0.05) is 18.2 Å². The summed E-state index contributed by atoms with van der Waals surface area (Å²) >= 11 is 0. The first-order valence-electron chi connectivity index (χ1n) is 4.66. The van der Waals surface area contributed by atoms with Crippen molar-refractivity contribution in [2.45, 2.75) is 25.8 Å². The molecule has 0 radical (unpaired) electrons. The van der Waals surface area contributed by atoms with Gasteiger partial charge in [0.15, 0.2) is 0 Å². The van der Waals surface area contributed by atoms with Gasteiger partial charge in [-0.2, -0.15) is 0 Å². The maximum absolute atomic E-state index is 11.4. The molecule has 0 aromatic carbocycles. The van der Waals surface area contributed by atoms with Crippen LogP contribution < -0.4 is 11.1 Å². The summed E-state index contributed by atoms with van der Waals surface area (Å²) in [5.41, 5.74) is 6.37. The van der Waals surface area contributed by atoms with Crippen LogP contribution in [-0.4, -0.2) is 18.5 Å². The van der Waals surface area contributed by atoms with E-state index >= 15 is 0 Å². The zero-order chi connectivity index (χ0) is 9.68. The fraction of sp³-hybridized carbons (Fsp3) is 0.500. The van der Waals surface area contributed by atoms with Crippen molar-refractivity contribution in [1.29, 1.82) is 0 Å². The fourth-order valence-electron chi connectivity index (χ4n) is 1.20. The molecule has 3 N–H and O–H groups in total. The average molecular weight is 217 g/mol. The lowest BCUT2D eigenvalue weighted by Crippen LogP contribution is -2.28. The molecule has 3 nitrogen and oxygen atoms in total. The second kappa shape index (κ2) is 6.62. The van der Waals surface area contributed by atoms with E-state index in [-0.39, 0.29) is 24.4 Å². The van der Waals surface area contributed by atoms with Gasteiger partial charge in [0.2, 0.25) is 0 Å². The monoisotopic (exact) mass is 216 g/mol. The number of nitrogens with one attached hydrogen (secondary N) is 1. The molecule has 4 heteroatoms. The maximum atomic E-state index is 11.4. The molecule has 0 aliphatic heterocycles. The lowest BCUT2D eigenvalue weighted by Gasteiger charge is -2.11. The minimum Gasteiger partial charge on any atom is -0.352 e. The molecule has 1 atom stereocenters. The largest absolute Gasteiger partial charge is 0.352 e. The highest BCUT2D eigenvalue weighted by Crippen LogP contribution is 2.08. The van der Waals surface area contributed by atoms with E-state index < -0.39 is 0 Å². The Balaban J connectivity index is 0.00000169. The van der Waals surface area contributed by atoms with Crippen molar-refractivity contribution in [3.05, 3.63) is 23.8 Å². The van der Waals surface area contributed by atoms with Crippen molar-refractivity contribution in [2.24, 2.45) is 5.73 Å². The Hall–Kier alpha value is -0.800. The Labute approximate surface area is 90.8 Å². The highest BCUT2D eigenvalue weighted by molar-refractivity contribution is 5.96. The zero-order valence-electron chi connectivity index (χ0n) is 8.32. The summed E-state index contributed by atoms with van der Waals surface area (Å²) in [7, 11) is 0. The van der Waals surface area contributed by atoms with Gasteiger partial charge in [0.25, 0.3) is 5.91 Å². The zero-order valence-corrected chi connectivity index (χ0v) is 9.14. The van der Waals surface area contributed by atoms with E-state index in [4.69, 9.17) is 5.73 Å². The summed E-state index contributed by atoms with van der Waals surface area (Å²) in [4.78, 5) is 11.4. The fourth-order valence-corrected chi connectivity index (χ4v) is 1.20. The standard InChI is InChI=1S/C10H16N2O.ClH/c1-2-6-12-10(13)8-4-3-5-9(11)7-8;/h3-4,7,9H,2,5-6,11H2,1H3,(H,12,13);1H. The molecule has 14 heavy (non-hydrogen) atoms. The van der Waals surface area contributed by atoms with Gasteiger partial charge in [-0.1, -0.05) is 25.2 Å². The summed E-state index contributed by atoms with van der Waals surface area (Å²) in [6, 6.07) is -0.00706. The first-order valence-corrected chi connectivity index (χ1v) is 4.66. The average Bonchev–Trinajstić information content (AvgIpc) is 2.14. The SMILES string of the molecule is CCCNC(=O)C1=CC(N)CC=C1.Cl. The van der Waals surface area contributed by atoms with Crippen molar-refractivity contribution in [3.8, 4) is 0 Å². The predicted molar refractivity (Wildman–Crippen MR) is 60.4 cm³/mol. The van der Waals surface area contributed by atoms with Gasteiger partial charge in [0.05, 0.1) is 0 Å². The molecule has 1 unspecified atom stereocenters. The quantitative estimate of drug-likeness (QED) is 0.744. The summed E-state index contributed by atoms with van der Waals surface area (Å²) < 4.78 is 0. The highest BCUT2D eigenvalue weighted by Gasteiger charge is 2.10. The number of amides is 1. The number of carbonyl (C=O) groups excluding carboxylic acids is 1. The normalized spacial score (nSPS) is 19.6. The molecule has 1 amide bonds. The van der Waals surface area contributed by atoms with Crippen LogP contribution in [0.3, 0.4) is 0 Å². The van der Waals surface area contributed by atoms with Crippen LogP contribution in [0.4, 0.5) is 0 Å². The summed E-state index contributed by atoms with van der Waals surface area (Å²) in [5.74, 6) is -0.0201. The van der Waals surface area contributed by atoms with Gasteiger partial charge >= 0.3 is 0 Å². The molecule has 0 aromatic rings. The van der Waals surface area contributed by atoms with Crippen LogP contribution in [0.5, 0.6) is 0 Å². The number of hydrogen-bond donors (Lipinski definition) is 2. The van der Waals surface area contributed by atoms with Crippen LogP contribution >= 0.6 is 12.4 Å². The molecule has 0 saturated heterocycles. The number of carbonyl (C=O) groups is 1. The molecular weight excluding hydrogens is 200 g/mol. The molecule has 1 aliphatic rings. The highest BCUT2D eigenvalue weighted by atomic mass is 35.5. The lowest BCUT2D eigenvalue weighted by molar-refractivity contribution is -0.117. The molecule has 1 aliphatic carbocycles. The smallest absolute Gasteiger partial charge is 0.251 e. The third kappa shape index (κ3) is 3.94. The minimum atomic E-state index is -0.0201. The Morgan fingerprint density at radius 3 is 3.00 bits per heavy atom. The van der Waals surface area contributed by atoms with Gasteiger partial charge in [0.1, 0.15) is 0 Å². The predicted octanol–water partition coefficient (Wildman–Crippen LogP) is 1.15. The van der Waals surface area contributed by atoms with E-state index in [0.29, 0.717) is 5.57 Å². The molecule has 0 heterocycles. The van der Waals surface area contributed by atoms with E-state index in [1.807, 2.05) is 25.2 Å². The van der Waals surface area contributed by atoms with E-state index in [2.05, 4.69) is 5.32 Å². The Bertz CT molecular complexity index is 249. The van der Waals surface area contributed by atoms with Crippen LogP contribution in [-0.2, 0) is 4.79 Å². The maximum Gasteiger partial charge on any atom is 0.251 e. The second-order valence-corrected chi connectivity index (χ2v) is 3.18. The summed E-state index contributed by atoms with van der Waals surface area (Å²) in [6.07, 6.45) is 7.35. The van der Waals surface area contributed by atoms with Crippen LogP contribution in [0, 0.1) is 0 Å². The molecule has 0 saturated carbocycles. The van der Waals surface area contributed by atoms with Crippen LogP contribution in [0.15, 0.2) is 23.8 Å². The van der Waals surface area contributed by atoms with Crippen LogP contribution in [0.2, 0.25) is 0 Å². The Kier molecular flexibility index (Phi) is 6.25. The minimum absolute atomic E-state index is 0. The van der Waals surface area contributed by atoms with Gasteiger partial charge < -0.3 is 11.1 Å². The van der Waals surface area contributed by atoms with E-state index in [1.165, 1.54) is 0 Å².